The minimum Gasteiger partial charge on any atom is -0.363 e. The maximum atomic E-state index is 11.9. The highest BCUT2D eigenvalue weighted by atomic mass is 16.1. The fourth-order valence-corrected chi connectivity index (χ4v) is 1.25. The molecule has 1 rings (SSSR count). The first-order chi connectivity index (χ1) is 7.85. The Morgan fingerprint density at radius 2 is 2.06 bits per heavy atom. The van der Waals surface area contributed by atoms with E-state index in [1.54, 1.807) is 12.3 Å². The molecule has 0 spiro atoms. The van der Waals surface area contributed by atoms with Crippen LogP contribution in [0.1, 0.15) is 37.6 Å². The molecule has 1 aromatic heterocycles. The zero-order valence-electron chi connectivity index (χ0n) is 11.2. The quantitative estimate of drug-likeness (QED) is 0.869. The zero-order valence-corrected chi connectivity index (χ0v) is 11.2. The Labute approximate surface area is 103 Å². The Morgan fingerprint density at radius 1 is 1.41 bits per heavy atom. The van der Waals surface area contributed by atoms with Crippen LogP contribution in [0.25, 0.3) is 0 Å². The number of pyridine rings is 1. The van der Waals surface area contributed by atoms with E-state index in [-0.39, 0.29) is 11.4 Å². The van der Waals surface area contributed by atoms with Crippen LogP contribution in [-0.4, -0.2) is 30.5 Å². The van der Waals surface area contributed by atoms with Gasteiger partial charge in [0.15, 0.2) is 0 Å². The van der Waals surface area contributed by atoms with Gasteiger partial charge in [0.25, 0.3) is 5.91 Å². The average Bonchev–Trinajstić information content (AvgIpc) is 2.28. The molecule has 0 aliphatic heterocycles. The molecule has 94 valence electrons. The fourth-order valence-electron chi connectivity index (χ4n) is 1.25. The SMILES string of the molecule is CCC(C)(C)NC(=O)c1ccc(N(C)C)nc1. The lowest BCUT2D eigenvalue weighted by Crippen LogP contribution is -2.42. The summed E-state index contributed by atoms with van der Waals surface area (Å²) < 4.78 is 0. The molecule has 4 nitrogen and oxygen atoms in total. The van der Waals surface area contributed by atoms with Gasteiger partial charge in [0.1, 0.15) is 5.82 Å². The average molecular weight is 235 g/mol. The molecule has 4 heteroatoms. The molecule has 0 radical (unpaired) electrons. The molecule has 0 bridgehead atoms. The third kappa shape index (κ3) is 3.73. The number of nitrogens with zero attached hydrogens (tertiary/aromatic N) is 2. The molecule has 0 unspecified atom stereocenters. The lowest BCUT2D eigenvalue weighted by atomic mass is 10.0. The molecule has 17 heavy (non-hydrogen) atoms. The van der Waals surface area contributed by atoms with Crippen LogP contribution in [0.5, 0.6) is 0 Å². The highest BCUT2D eigenvalue weighted by Crippen LogP contribution is 2.11. The minimum absolute atomic E-state index is 0.0744. The summed E-state index contributed by atoms with van der Waals surface area (Å²) in [5.41, 5.74) is 0.411. The van der Waals surface area contributed by atoms with Gasteiger partial charge in [-0.2, -0.15) is 0 Å². The molecule has 0 atom stereocenters. The number of nitrogens with one attached hydrogen (secondary N) is 1. The van der Waals surface area contributed by atoms with Crippen molar-refractivity contribution in [2.45, 2.75) is 32.7 Å². The Bertz CT molecular complexity index is 382. The standard InChI is InChI=1S/C13H21N3O/c1-6-13(2,3)15-12(17)10-7-8-11(14-9-10)16(4)5/h7-9H,6H2,1-5H3,(H,15,17). The maximum Gasteiger partial charge on any atom is 0.253 e. The monoisotopic (exact) mass is 235 g/mol. The van der Waals surface area contributed by atoms with Crippen molar-refractivity contribution in [2.75, 3.05) is 19.0 Å². The first-order valence-corrected chi connectivity index (χ1v) is 5.81. The van der Waals surface area contributed by atoms with Gasteiger partial charge < -0.3 is 10.2 Å². The Balaban J connectivity index is 2.77. The van der Waals surface area contributed by atoms with Crippen LogP contribution in [0.4, 0.5) is 5.82 Å². The van der Waals surface area contributed by atoms with Gasteiger partial charge in [-0.25, -0.2) is 4.98 Å². The van der Waals surface area contributed by atoms with Crippen LogP contribution in [0.15, 0.2) is 18.3 Å². The van der Waals surface area contributed by atoms with Gasteiger partial charge in [-0.15, -0.1) is 0 Å². The second-order valence-electron chi connectivity index (χ2n) is 4.99. The zero-order chi connectivity index (χ0) is 13.1. The van der Waals surface area contributed by atoms with Crippen molar-refractivity contribution < 1.29 is 4.79 Å². The molecular weight excluding hydrogens is 214 g/mol. The Morgan fingerprint density at radius 3 is 2.47 bits per heavy atom. The molecule has 1 amide bonds. The predicted molar refractivity (Wildman–Crippen MR) is 70.4 cm³/mol. The van der Waals surface area contributed by atoms with Gasteiger partial charge >= 0.3 is 0 Å². The van der Waals surface area contributed by atoms with E-state index in [2.05, 4.69) is 10.3 Å². The van der Waals surface area contributed by atoms with Crippen molar-refractivity contribution in [2.24, 2.45) is 0 Å². The summed E-state index contributed by atoms with van der Waals surface area (Å²) in [7, 11) is 3.84. The molecule has 0 fully saturated rings. The van der Waals surface area contributed by atoms with Crippen molar-refractivity contribution in [3.63, 3.8) is 0 Å². The predicted octanol–water partition coefficient (Wildman–Crippen LogP) is 2.07. The molecular formula is C13H21N3O. The van der Waals surface area contributed by atoms with Gasteiger partial charge in [0.05, 0.1) is 5.56 Å². The topological polar surface area (TPSA) is 45.2 Å². The molecule has 0 aliphatic rings. The van der Waals surface area contributed by atoms with Gasteiger partial charge in [-0.05, 0) is 32.4 Å². The van der Waals surface area contributed by atoms with E-state index in [1.165, 1.54) is 0 Å². The number of hydrogen-bond donors (Lipinski definition) is 1. The summed E-state index contributed by atoms with van der Waals surface area (Å²) in [4.78, 5) is 18.1. The van der Waals surface area contributed by atoms with Crippen LogP contribution in [0.2, 0.25) is 0 Å². The van der Waals surface area contributed by atoms with Crippen molar-refractivity contribution in [1.29, 1.82) is 0 Å². The third-order valence-electron chi connectivity index (χ3n) is 2.80. The lowest BCUT2D eigenvalue weighted by molar-refractivity contribution is 0.0911. The highest BCUT2D eigenvalue weighted by Gasteiger charge is 2.18. The summed E-state index contributed by atoms with van der Waals surface area (Å²) in [5.74, 6) is 0.769. The van der Waals surface area contributed by atoms with Gasteiger partial charge in [-0.1, -0.05) is 6.92 Å². The fraction of sp³-hybridized carbons (Fsp3) is 0.538. The smallest absolute Gasteiger partial charge is 0.253 e. The van der Waals surface area contributed by atoms with E-state index in [4.69, 9.17) is 0 Å². The maximum absolute atomic E-state index is 11.9. The largest absolute Gasteiger partial charge is 0.363 e. The first kappa shape index (κ1) is 13.5. The van der Waals surface area contributed by atoms with E-state index in [0.29, 0.717) is 5.56 Å². The number of hydrogen-bond acceptors (Lipinski definition) is 3. The summed E-state index contributed by atoms with van der Waals surface area (Å²) in [5, 5.41) is 2.98. The van der Waals surface area contributed by atoms with E-state index in [0.717, 1.165) is 12.2 Å². The number of aromatic nitrogens is 1. The molecule has 0 aromatic carbocycles. The van der Waals surface area contributed by atoms with Crippen LogP contribution in [0, 0.1) is 0 Å². The molecule has 1 heterocycles. The van der Waals surface area contributed by atoms with Gasteiger partial charge in [-0.3, -0.25) is 4.79 Å². The van der Waals surface area contributed by atoms with Crippen LogP contribution < -0.4 is 10.2 Å². The van der Waals surface area contributed by atoms with Crippen molar-refractivity contribution in [3.05, 3.63) is 23.9 Å². The molecule has 1 aromatic rings. The van der Waals surface area contributed by atoms with Gasteiger partial charge in [0.2, 0.25) is 0 Å². The number of anilines is 1. The van der Waals surface area contributed by atoms with Gasteiger partial charge in [0, 0.05) is 25.8 Å². The normalized spacial score (nSPS) is 11.1. The summed E-state index contributed by atoms with van der Waals surface area (Å²) in [6, 6.07) is 3.64. The highest BCUT2D eigenvalue weighted by molar-refractivity contribution is 5.94. The van der Waals surface area contributed by atoms with E-state index < -0.39 is 0 Å². The van der Waals surface area contributed by atoms with Crippen LogP contribution in [0.3, 0.4) is 0 Å². The molecule has 0 aliphatic carbocycles. The minimum atomic E-state index is -0.183. The molecule has 0 saturated carbocycles. The number of carbonyl (C=O) groups excluding carboxylic acids is 1. The van der Waals surface area contributed by atoms with Crippen molar-refractivity contribution >= 4 is 11.7 Å². The lowest BCUT2D eigenvalue weighted by Gasteiger charge is -2.24. The molecule has 1 N–H and O–H groups in total. The summed E-state index contributed by atoms with van der Waals surface area (Å²) in [6.07, 6.45) is 2.50. The van der Waals surface area contributed by atoms with Crippen molar-refractivity contribution in [1.82, 2.24) is 10.3 Å². The van der Waals surface area contributed by atoms with E-state index in [1.807, 2.05) is 45.8 Å². The molecule has 0 saturated heterocycles. The van der Waals surface area contributed by atoms with E-state index >= 15 is 0 Å². The Kier molecular flexibility index (Phi) is 4.10. The van der Waals surface area contributed by atoms with Crippen LogP contribution in [-0.2, 0) is 0 Å². The van der Waals surface area contributed by atoms with Crippen LogP contribution >= 0.6 is 0 Å². The number of amides is 1. The Hall–Kier alpha value is -1.58. The first-order valence-electron chi connectivity index (χ1n) is 5.81. The number of rotatable bonds is 4. The van der Waals surface area contributed by atoms with E-state index in [9.17, 15) is 4.79 Å². The second-order valence-corrected chi connectivity index (χ2v) is 4.99. The number of carbonyl (C=O) groups is 1. The second kappa shape index (κ2) is 5.17. The summed E-state index contributed by atoms with van der Waals surface area (Å²) >= 11 is 0. The third-order valence-corrected chi connectivity index (χ3v) is 2.80. The van der Waals surface area contributed by atoms with Crippen molar-refractivity contribution in [3.8, 4) is 0 Å². The summed E-state index contributed by atoms with van der Waals surface area (Å²) in [6.45, 7) is 6.06.